The van der Waals surface area contributed by atoms with Crippen LogP contribution in [0.15, 0.2) is 39.4 Å². The van der Waals surface area contributed by atoms with Crippen molar-refractivity contribution >= 4 is 22.9 Å². The Bertz CT molecular complexity index is 976. The predicted molar refractivity (Wildman–Crippen MR) is 96.1 cm³/mol. The number of nitrogens with zero attached hydrogens (tertiary/aromatic N) is 4. The second-order valence-electron chi connectivity index (χ2n) is 6.21. The van der Waals surface area contributed by atoms with Gasteiger partial charge in [-0.15, -0.1) is 10.2 Å². The summed E-state index contributed by atoms with van der Waals surface area (Å²) in [7, 11) is 1.29. The van der Waals surface area contributed by atoms with Crippen LogP contribution in [-0.4, -0.2) is 33.9 Å². The van der Waals surface area contributed by atoms with Crippen LogP contribution in [-0.2, 0) is 9.53 Å². The van der Waals surface area contributed by atoms with Crippen LogP contribution in [0.1, 0.15) is 37.1 Å². The lowest BCUT2D eigenvalue weighted by Gasteiger charge is -2.30. The van der Waals surface area contributed by atoms with Crippen LogP contribution in [0.5, 0.6) is 0 Å². The molecule has 1 aromatic carbocycles. The Hall–Kier alpha value is -3.36. The average Bonchev–Trinajstić information content (AvgIpc) is 3.06. The van der Waals surface area contributed by atoms with E-state index in [4.69, 9.17) is 9.15 Å². The Morgan fingerprint density at radius 2 is 2.00 bits per heavy atom. The van der Waals surface area contributed by atoms with Gasteiger partial charge in [-0.1, -0.05) is 12.1 Å². The number of aliphatic imine (C=N–C) groups is 1. The van der Waals surface area contributed by atoms with Crippen molar-refractivity contribution in [2.24, 2.45) is 10.9 Å². The summed E-state index contributed by atoms with van der Waals surface area (Å²) in [4.78, 5) is 27.8. The second kappa shape index (κ2) is 7.10. The maximum Gasteiger partial charge on any atom is 0.315 e. The fraction of sp³-hybridized carbons (Fsp3) is 0.333. The van der Waals surface area contributed by atoms with Crippen LogP contribution >= 0.6 is 0 Å². The minimum atomic E-state index is -0.761. The Morgan fingerprint density at radius 3 is 2.59 bits per heavy atom. The molecule has 0 N–H and O–H groups in total. The van der Waals surface area contributed by atoms with E-state index in [1.165, 1.54) is 19.2 Å². The van der Waals surface area contributed by atoms with Gasteiger partial charge in [0.15, 0.2) is 0 Å². The smallest absolute Gasteiger partial charge is 0.315 e. The van der Waals surface area contributed by atoms with Gasteiger partial charge in [0.2, 0.25) is 11.8 Å². The number of benzene rings is 1. The summed E-state index contributed by atoms with van der Waals surface area (Å²) in [5.41, 5.74) is 2.20. The van der Waals surface area contributed by atoms with Crippen LogP contribution in [0.3, 0.4) is 0 Å². The number of allylic oxidation sites excluding steroid dienone is 2. The number of nitro benzene ring substituents is 1. The van der Waals surface area contributed by atoms with E-state index in [1.807, 2.05) is 0 Å². The fourth-order valence-electron chi connectivity index (χ4n) is 3.34. The molecule has 0 bridgehead atoms. The number of aryl methyl sites for hydroxylation is 1. The summed E-state index contributed by atoms with van der Waals surface area (Å²) in [6.45, 7) is 5.16. The minimum absolute atomic E-state index is 0.0741. The standard InChI is InChI=1S/C18H18N4O5/c1-9-14(17-21-20-11(3)27-17)16(15(10(2)19-9)18(23)26-4)12-6-5-7-13(8-12)22(24)25/h5-8,15-16H,1-4H3. The van der Waals surface area contributed by atoms with E-state index < -0.39 is 22.7 Å². The number of non-ortho nitro benzene ring substituents is 1. The van der Waals surface area contributed by atoms with Gasteiger partial charge in [-0.25, -0.2) is 0 Å². The topological polar surface area (TPSA) is 121 Å². The minimum Gasteiger partial charge on any atom is -0.468 e. The number of nitro groups is 1. The van der Waals surface area contributed by atoms with Crippen molar-refractivity contribution in [2.45, 2.75) is 26.7 Å². The summed E-state index contributed by atoms with van der Waals surface area (Å²) in [5.74, 6) is -1.26. The third kappa shape index (κ3) is 3.35. The van der Waals surface area contributed by atoms with Crippen LogP contribution in [0.2, 0.25) is 0 Å². The Balaban J connectivity index is 2.25. The highest BCUT2D eigenvalue weighted by atomic mass is 16.6. The van der Waals surface area contributed by atoms with Gasteiger partial charge in [-0.2, -0.15) is 0 Å². The second-order valence-corrected chi connectivity index (χ2v) is 6.21. The maximum atomic E-state index is 12.5. The van der Waals surface area contributed by atoms with Gasteiger partial charge in [0.1, 0.15) is 5.92 Å². The van der Waals surface area contributed by atoms with Crippen LogP contribution in [0.4, 0.5) is 5.69 Å². The molecule has 1 aliphatic rings. The Labute approximate surface area is 154 Å². The lowest BCUT2D eigenvalue weighted by atomic mass is 9.75. The van der Waals surface area contributed by atoms with E-state index in [-0.39, 0.29) is 11.6 Å². The highest BCUT2D eigenvalue weighted by molar-refractivity contribution is 6.06. The largest absolute Gasteiger partial charge is 0.468 e. The molecule has 27 heavy (non-hydrogen) atoms. The van der Waals surface area contributed by atoms with Crippen molar-refractivity contribution in [3.8, 4) is 0 Å². The number of esters is 1. The zero-order chi connectivity index (χ0) is 19.7. The van der Waals surface area contributed by atoms with E-state index >= 15 is 0 Å². The maximum absolute atomic E-state index is 12.5. The molecule has 0 amide bonds. The number of aromatic nitrogens is 2. The number of hydrogen-bond acceptors (Lipinski definition) is 8. The van der Waals surface area contributed by atoms with Gasteiger partial charge in [-0.05, 0) is 19.4 Å². The first-order chi connectivity index (χ1) is 12.8. The number of rotatable bonds is 4. The van der Waals surface area contributed by atoms with Crippen LogP contribution in [0.25, 0.3) is 5.57 Å². The molecule has 0 radical (unpaired) electrons. The molecule has 9 heteroatoms. The Kier molecular flexibility index (Phi) is 4.85. The van der Waals surface area contributed by atoms with E-state index in [9.17, 15) is 14.9 Å². The van der Waals surface area contributed by atoms with E-state index in [0.29, 0.717) is 28.4 Å². The van der Waals surface area contributed by atoms with Gasteiger partial charge in [0, 0.05) is 42.0 Å². The van der Waals surface area contributed by atoms with Gasteiger partial charge >= 0.3 is 5.97 Å². The molecular formula is C18H18N4O5. The Morgan fingerprint density at radius 1 is 1.26 bits per heavy atom. The molecule has 1 aromatic heterocycles. The highest BCUT2D eigenvalue weighted by Gasteiger charge is 2.41. The first-order valence-corrected chi connectivity index (χ1v) is 8.22. The molecule has 140 valence electrons. The van der Waals surface area contributed by atoms with Crippen LogP contribution in [0, 0.1) is 23.0 Å². The molecule has 9 nitrogen and oxygen atoms in total. The lowest BCUT2D eigenvalue weighted by molar-refractivity contribution is -0.384. The molecule has 0 aliphatic carbocycles. The number of hydrogen-bond donors (Lipinski definition) is 0. The third-order valence-corrected chi connectivity index (χ3v) is 4.48. The molecule has 2 heterocycles. The first-order valence-electron chi connectivity index (χ1n) is 8.22. The van der Waals surface area contributed by atoms with Gasteiger partial charge in [-0.3, -0.25) is 19.9 Å². The SMILES string of the molecule is COC(=O)C1C(C)=NC(C)=C(c2nnc(C)o2)C1c1cccc([N+](=O)[O-])c1. The van der Waals surface area contributed by atoms with E-state index in [2.05, 4.69) is 15.2 Å². The van der Waals surface area contributed by atoms with Crippen molar-refractivity contribution in [1.82, 2.24) is 10.2 Å². The van der Waals surface area contributed by atoms with Crippen molar-refractivity contribution in [3.63, 3.8) is 0 Å². The summed E-state index contributed by atoms with van der Waals surface area (Å²) < 4.78 is 10.6. The fourth-order valence-corrected chi connectivity index (χ4v) is 3.34. The van der Waals surface area contributed by atoms with Crippen molar-refractivity contribution in [2.75, 3.05) is 7.11 Å². The molecule has 3 rings (SSSR count). The molecule has 2 aromatic rings. The number of carbonyl (C=O) groups excluding carboxylic acids is 1. The molecular weight excluding hydrogens is 352 g/mol. The quantitative estimate of drug-likeness (QED) is 0.460. The van der Waals surface area contributed by atoms with Crippen molar-refractivity contribution in [1.29, 1.82) is 0 Å². The van der Waals surface area contributed by atoms with Gasteiger partial charge < -0.3 is 9.15 Å². The van der Waals surface area contributed by atoms with Crippen molar-refractivity contribution in [3.05, 3.63) is 57.4 Å². The summed E-state index contributed by atoms with van der Waals surface area (Å²) >= 11 is 0. The molecule has 0 spiro atoms. The molecule has 0 saturated heterocycles. The molecule has 2 unspecified atom stereocenters. The van der Waals surface area contributed by atoms with E-state index in [0.717, 1.165) is 0 Å². The highest BCUT2D eigenvalue weighted by Crippen LogP contribution is 2.44. The predicted octanol–water partition coefficient (Wildman–Crippen LogP) is 3.06. The summed E-state index contributed by atoms with van der Waals surface area (Å²) in [6.07, 6.45) is 0. The first kappa shape index (κ1) is 18.4. The third-order valence-electron chi connectivity index (χ3n) is 4.48. The summed E-state index contributed by atoms with van der Waals surface area (Å²) in [5, 5.41) is 19.2. The van der Waals surface area contributed by atoms with E-state index in [1.54, 1.807) is 32.9 Å². The van der Waals surface area contributed by atoms with Crippen molar-refractivity contribution < 1.29 is 18.9 Å². The molecule has 0 fully saturated rings. The van der Waals surface area contributed by atoms with Gasteiger partial charge in [0.05, 0.1) is 12.0 Å². The molecule has 2 atom stereocenters. The molecule has 0 saturated carbocycles. The summed E-state index contributed by atoms with van der Waals surface area (Å²) in [6, 6.07) is 6.14. The normalized spacial score (nSPS) is 19.6. The zero-order valence-electron chi connectivity index (χ0n) is 15.3. The van der Waals surface area contributed by atoms with Crippen LogP contribution < -0.4 is 0 Å². The monoisotopic (exact) mass is 370 g/mol. The average molecular weight is 370 g/mol. The number of methoxy groups -OCH3 is 1. The number of carbonyl (C=O) groups is 1. The molecule has 1 aliphatic heterocycles. The zero-order valence-corrected chi connectivity index (χ0v) is 15.3. The lowest BCUT2D eigenvalue weighted by Crippen LogP contribution is -2.33. The number of ether oxygens (including phenoxy) is 1. The van der Waals surface area contributed by atoms with Gasteiger partial charge in [0.25, 0.3) is 5.69 Å².